The lowest BCUT2D eigenvalue weighted by atomic mass is 9.48. The number of halogens is 1. The highest BCUT2D eigenvalue weighted by Gasteiger charge is 2.51. The van der Waals surface area contributed by atoms with E-state index in [9.17, 15) is 4.79 Å². The molecule has 1 aromatic rings. The molecule has 2 fully saturated rings. The van der Waals surface area contributed by atoms with Gasteiger partial charge in [0.05, 0.1) is 0 Å². The number of aldehydes is 1. The van der Waals surface area contributed by atoms with Crippen LogP contribution in [0.15, 0.2) is 18.2 Å². The maximum Gasteiger partial charge on any atom is 0.150 e. The average molecular weight is 347 g/mol. The number of carbonyl (C=O) groups excluding carboxylic acids is 1. The van der Waals surface area contributed by atoms with Crippen molar-refractivity contribution < 1.29 is 4.79 Å². The minimum absolute atomic E-state index is 0.396. The Bertz CT molecular complexity index is 631. The molecule has 4 unspecified atom stereocenters. The van der Waals surface area contributed by atoms with Gasteiger partial charge in [0, 0.05) is 10.6 Å². The van der Waals surface area contributed by atoms with Crippen molar-refractivity contribution in [3.63, 3.8) is 0 Å². The topological polar surface area (TPSA) is 17.1 Å². The lowest BCUT2D eigenvalue weighted by Crippen LogP contribution is -2.48. The number of fused-ring (bicyclic) bond motifs is 1. The summed E-state index contributed by atoms with van der Waals surface area (Å²) in [6.07, 6.45) is 6.05. The highest BCUT2D eigenvalue weighted by molar-refractivity contribution is 6.31. The monoisotopic (exact) mass is 346 g/mol. The van der Waals surface area contributed by atoms with E-state index in [0.717, 1.165) is 28.7 Å². The van der Waals surface area contributed by atoms with E-state index in [0.29, 0.717) is 22.7 Å². The van der Waals surface area contributed by atoms with E-state index in [4.69, 9.17) is 11.6 Å². The van der Waals surface area contributed by atoms with Gasteiger partial charge in [-0.15, -0.1) is 0 Å². The molecule has 0 bridgehead atoms. The van der Waals surface area contributed by atoms with E-state index in [1.54, 1.807) is 0 Å². The molecule has 0 radical (unpaired) electrons. The maximum atomic E-state index is 11.2. The number of rotatable bonds is 2. The zero-order valence-corrected chi connectivity index (χ0v) is 16.5. The predicted molar refractivity (Wildman–Crippen MR) is 102 cm³/mol. The van der Waals surface area contributed by atoms with E-state index in [2.05, 4.69) is 34.6 Å². The van der Waals surface area contributed by atoms with Crippen LogP contribution in [0.3, 0.4) is 0 Å². The molecular weight excluding hydrogens is 316 g/mol. The van der Waals surface area contributed by atoms with Gasteiger partial charge in [-0.2, -0.15) is 0 Å². The van der Waals surface area contributed by atoms with E-state index < -0.39 is 0 Å². The van der Waals surface area contributed by atoms with Crippen molar-refractivity contribution in [1.82, 2.24) is 0 Å². The molecule has 0 heterocycles. The van der Waals surface area contributed by atoms with Crippen molar-refractivity contribution in [2.75, 3.05) is 0 Å². The molecule has 0 spiro atoms. The molecule has 1 nitrogen and oxygen atoms in total. The number of carbonyl (C=O) groups is 1. The van der Waals surface area contributed by atoms with Crippen LogP contribution in [0.1, 0.15) is 82.1 Å². The van der Waals surface area contributed by atoms with Gasteiger partial charge in [0.15, 0.2) is 0 Å². The fourth-order valence-corrected chi connectivity index (χ4v) is 5.75. The molecule has 2 saturated carbocycles. The second-order valence-electron chi connectivity index (χ2n) is 9.64. The molecule has 0 aliphatic heterocycles. The summed E-state index contributed by atoms with van der Waals surface area (Å²) in [5.41, 5.74) is 2.76. The minimum atomic E-state index is 0.396. The van der Waals surface area contributed by atoms with Crippen LogP contribution in [0.25, 0.3) is 0 Å². The molecule has 0 aromatic heterocycles. The summed E-state index contributed by atoms with van der Waals surface area (Å²) in [5, 5.41) is 0.823. The number of hydrogen-bond acceptors (Lipinski definition) is 1. The van der Waals surface area contributed by atoms with Crippen molar-refractivity contribution in [3.05, 3.63) is 34.3 Å². The molecule has 2 heteroatoms. The second-order valence-corrected chi connectivity index (χ2v) is 10.1. The molecular formula is C22H31ClO. The first-order valence-electron chi connectivity index (χ1n) is 9.40. The van der Waals surface area contributed by atoms with Gasteiger partial charge < -0.3 is 0 Å². The third-order valence-electron chi connectivity index (χ3n) is 7.28. The zero-order chi connectivity index (χ0) is 17.7. The minimum Gasteiger partial charge on any atom is -0.298 e. The molecule has 0 N–H and O–H groups in total. The summed E-state index contributed by atoms with van der Waals surface area (Å²) in [7, 11) is 0. The van der Waals surface area contributed by atoms with Crippen LogP contribution in [0.4, 0.5) is 0 Å². The Kier molecular flexibility index (Phi) is 4.62. The van der Waals surface area contributed by atoms with E-state index in [1.165, 1.54) is 31.2 Å². The number of hydrogen-bond donors (Lipinski definition) is 0. The Labute approximate surface area is 152 Å². The van der Waals surface area contributed by atoms with Gasteiger partial charge in [-0.1, -0.05) is 52.3 Å². The first kappa shape index (κ1) is 18.0. The summed E-state index contributed by atoms with van der Waals surface area (Å²) >= 11 is 6.54. The van der Waals surface area contributed by atoms with Crippen LogP contribution in [0, 0.1) is 28.6 Å². The largest absolute Gasteiger partial charge is 0.298 e. The Morgan fingerprint density at radius 2 is 1.62 bits per heavy atom. The first-order chi connectivity index (χ1) is 11.2. The Balaban J connectivity index is 1.97. The Hall–Kier alpha value is -0.820. The fourth-order valence-electron chi connectivity index (χ4n) is 5.49. The van der Waals surface area contributed by atoms with Crippen molar-refractivity contribution in [2.45, 2.75) is 66.2 Å². The summed E-state index contributed by atoms with van der Waals surface area (Å²) < 4.78 is 0. The van der Waals surface area contributed by atoms with Gasteiger partial charge in [0.1, 0.15) is 6.29 Å². The molecule has 0 amide bonds. The lowest BCUT2D eigenvalue weighted by molar-refractivity contribution is -0.0634. The molecule has 132 valence electrons. The normalized spacial score (nSPS) is 34.4. The fraction of sp³-hybridized carbons (Fsp3) is 0.682. The highest BCUT2D eigenvalue weighted by Crippen LogP contribution is 2.61. The van der Waals surface area contributed by atoms with Crippen molar-refractivity contribution in [2.24, 2.45) is 28.6 Å². The highest BCUT2D eigenvalue weighted by atomic mass is 35.5. The van der Waals surface area contributed by atoms with Crippen LogP contribution in [0.5, 0.6) is 0 Å². The summed E-state index contributed by atoms with van der Waals surface area (Å²) in [6.45, 7) is 12.2. The third kappa shape index (κ3) is 3.05. The summed E-state index contributed by atoms with van der Waals surface area (Å²) in [5.74, 6) is 2.60. The van der Waals surface area contributed by atoms with E-state index in [-0.39, 0.29) is 0 Å². The van der Waals surface area contributed by atoms with Crippen LogP contribution in [-0.2, 0) is 0 Å². The molecule has 24 heavy (non-hydrogen) atoms. The van der Waals surface area contributed by atoms with E-state index >= 15 is 0 Å². The zero-order valence-electron chi connectivity index (χ0n) is 15.7. The lowest BCUT2D eigenvalue weighted by Gasteiger charge is -2.57. The standard InChI is InChI=1S/C22H31ClO/c1-14-10-18-19(22(4,5)9-8-21(18,2)3)12-16(14)17-11-15(13-24)6-7-20(17)23/h6-7,11,13-14,16,18-19H,8-10,12H2,1-5H3. The number of benzene rings is 1. The maximum absolute atomic E-state index is 11.2. The van der Waals surface area contributed by atoms with Crippen LogP contribution < -0.4 is 0 Å². The Morgan fingerprint density at radius 1 is 1.04 bits per heavy atom. The quantitative estimate of drug-likeness (QED) is 0.541. The van der Waals surface area contributed by atoms with Gasteiger partial charge in [0.25, 0.3) is 0 Å². The molecule has 4 atom stereocenters. The average Bonchev–Trinajstić information content (AvgIpc) is 2.52. The first-order valence-corrected chi connectivity index (χ1v) is 9.78. The SMILES string of the molecule is CC1CC2C(CC1c1cc(C=O)ccc1Cl)C(C)(C)CCC2(C)C. The van der Waals surface area contributed by atoms with Crippen molar-refractivity contribution in [3.8, 4) is 0 Å². The van der Waals surface area contributed by atoms with Crippen molar-refractivity contribution in [1.29, 1.82) is 0 Å². The van der Waals surface area contributed by atoms with Gasteiger partial charge in [-0.3, -0.25) is 4.79 Å². The van der Waals surface area contributed by atoms with Crippen LogP contribution in [0.2, 0.25) is 5.02 Å². The smallest absolute Gasteiger partial charge is 0.150 e. The molecule has 1 aromatic carbocycles. The van der Waals surface area contributed by atoms with E-state index in [1.807, 2.05) is 18.2 Å². The van der Waals surface area contributed by atoms with Crippen molar-refractivity contribution >= 4 is 17.9 Å². The van der Waals surface area contributed by atoms with Gasteiger partial charge >= 0.3 is 0 Å². The van der Waals surface area contributed by atoms with Crippen LogP contribution in [-0.4, -0.2) is 6.29 Å². The van der Waals surface area contributed by atoms with Crippen LogP contribution >= 0.6 is 11.6 Å². The second kappa shape index (κ2) is 6.16. The Morgan fingerprint density at radius 3 is 2.21 bits per heavy atom. The molecule has 0 saturated heterocycles. The summed E-state index contributed by atoms with van der Waals surface area (Å²) in [6, 6.07) is 5.75. The van der Waals surface area contributed by atoms with Gasteiger partial charge in [-0.05, 0) is 77.9 Å². The van der Waals surface area contributed by atoms with Gasteiger partial charge in [0.2, 0.25) is 0 Å². The van der Waals surface area contributed by atoms with Gasteiger partial charge in [-0.25, -0.2) is 0 Å². The molecule has 2 aliphatic rings. The third-order valence-corrected chi connectivity index (χ3v) is 7.63. The predicted octanol–water partition coefficient (Wildman–Crippen LogP) is 6.74. The molecule has 2 aliphatic carbocycles. The molecule has 3 rings (SSSR count). The summed E-state index contributed by atoms with van der Waals surface area (Å²) in [4.78, 5) is 11.2.